The Bertz CT molecular complexity index is 949. The van der Waals surface area contributed by atoms with E-state index in [2.05, 4.69) is 4.98 Å². The normalized spacial score (nSPS) is 11.6. The van der Waals surface area contributed by atoms with Crippen LogP contribution in [0.15, 0.2) is 12.1 Å². The maximum absolute atomic E-state index is 12.7. The van der Waals surface area contributed by atoms with Crippen molar-refractivity contribution < 1.29 is 33.3 Å². The van der Waals surface area contributed by atoms with Gasteiger partial charge >= 0.3 is 5.97 Å². The first kappa shape index (κ1) is 23.0. The van der Waals surface area contributed by atoms with E-state index in [0.717, 1.165) is 0 Å². The van der Waals surface area contributed by atoms with Crippen LogP contribution in [-0.2, 0) is 16.0 Å². The minimum Gasteiger partial charge on any atom is -0.493 e. The molecular formula is C22H27NO7. The molecule has 0 aliphatic heterocycles. The highest BCUT2D eigenvalue weighted by Crippen LogP contribution is 2.38. The number of nitrogens with one attached hydrogen (secondary N) is 1. The highest BCUT2D eigenvalue weighted by Gasteiger charge is 2.26. The number of H-pyrrole nitrogens is 1. The van der Waals surface area contributed by atoms with Crippen LogP contribution >= 0.6 is 0 Å². The Balaban J connectivity index is 2.16. The number of Topliss-reactive ketones (excluding diaryl/α,β-unsaturated/α-hetero) is 2. The van der Waals surface area contributed by atoms with Crippen molar-refractivity contribution in [1.82, 2.24) is 4.98 Å². The maximum Gasteiger partial charge on any atom is 0.310 e. The van der Waals surface area contributed by atoms with Crippen molar-refractivity contribution in [1.29, 1.82) is 0 Å². The largest absolute Gasteiger partial charge is 0.493 e. The summed E-state index contributed by atoms with van der Waals surface area (Å²) in [5.74, 6) is 0.127. The van der Waals surface area contributed by atoms with Gasteiger partial charge in [-0.15, -0.1) is 0 Å². The monoisotopic (exact) mass is 417 g/mol. The van der Waals surface area contributed by atoms with Crippen molar-refractivity contribution in [3.05, 3.63) is 40.2 Å². The van der Waals surface area contributed by atoms with Crippen molar-refractivity contribution in [3.8, 4) is 17.2 Å². The third-order valence-corrected chi connectivity index (χ3v) is 4.79. The van der Waals surface area contributed by atoms with E-state index < -0.39 is 17.9 Å². The van der Waals surface area contributed by atoms with Crippen molar-refractivity contribution in [2.75, 3.05) is 21.3 Å². The van der Waals surface area contributed by atoms with Gasteiger partial charge in [-0.1, -0.05) is 0 Å². The second-order valence-electron chi connectivity index (χ2n) is 6.89. The standard InChI is InChI=1S/C22H27NO7/c1-11-19(13(3)24)12(2)23-20(11)21(26)14(4)30-18(25)10-15-8-16(27-5)22(29-7)17(9-15)28-6/h8-9,14,23H,10H2,1-7H3/t14-/m0/s1. The Morgan fingerprint density at radius 3 is 2.00 bits per heavy atom. The quantitative estimate of drug-likeness (QED) is 0.493. The van der Waals surface area contributed by atoms with E-state index in [1.165, 1.54) is 35.2 Å². The number of esters is 1. The lowest BCUT2D eigenvalue weighted by molar-refractivity contribution is -0.145. The van der Waals surface area contributed by atoms with Gasteiger partial charge in [-0.2, -0.15) is 0 Å². The number of benzene rings is 1. The summed E-state index contributed by atoms with van der Waals surface area (Å²) in [7, 11) is 4.45. The molecule has 0 aliphatic carbocycles. The number of hydrogen-bond acceptors (Lipinski definition) is 7. The molecule has 8 heteroatoms. The summed E-state index contributed by atoms with van der Waals surface area (Å²) in [6.45, 7) is 6.36. The second kappa shape index (κ2) is 9.47. The van der Waals surface area contributed by atoms with Gasteiger partial charge in [0.2, 0.25) is 11.5 Å². The molecule has 2 aromatic rings. The number of aromatic amines is 1. The first-order valence-corrected chi connectivity index (χ1v) is 9.37. The summed E-state index contributed by atoms with van der Waals surface area (Å²) >= 11 is 0. The van der Waals surface area contributed by atoms with Crippen molar-refractivity contribution in [2.45, 2.75) is 40.2 Å². The molecule has 0 saturated heterocycles. The van der Waals surface area contributed by atoms with Crippen LogP contribution in [0.25, 0.3) is 0 Å². The number of aromatic nitrogens is 1. The predicted molar refractivity (Wildman–Crippen MR) is 110 cm³/mol. The molecule has 2 rings (SSSR count). The minimum atomic E-state index is -1.02. The average molecular weight is 417 g/mol. The summed E-state index contributed by atoms with van der Waals surface area (Å²) < 4.78 is 21.2. The zero-order valence-electron chi connectivity index (χ0n) is 18.3. The summed E-state index contributed by atoms with van der Waals surface area (Å²) in [4.78, 5) is 39.9. The fraction of sp³-hybridized carbons (Fsp3) is 0.409. The van der Waals surface area contributed by atoms with Gasteiger partial charge in [0, 0.05) is 11.3 Å². The fourth-order valence-electron chi connectivity index (χ4n) is 3.42. The molecule has 0 fully saturated rings. The molecule has 1 heterocycles. The van der Waals surface area contributed by atoms with Gasteiger partial charge in [0.15, 0.2) is 23.4 Å². The van der Waals surface area contributed by atoms with Gasteiger partial charge in [-0.25, -0.2) is 0 Å². The number of carbonyl (C=O) groups excluding carboxylic acids is 3. The number of aryl methyl sites for hydroxylation is 1. The van der Waals surface area contributed by atoms with E-state index >= 15 is 0 Å². The molecule has 0 radical (unpaired) electrons. The molecule has 0 amide bonds. The van der Waals surface area contributed by atoms with Gasteiger partial charge in [0.1, 0.15) is 0 Å². The summed E-state index contributed by atoms with van der Waals surface area (Å²) in [5.41, 5.74) is 2.50. The van der Waals surface area contributed by atoms with Crippen LogP contribution in [0.4, 0.5) is 0 Å². The summed E-state index contributed by atoms with van der Waals surface area (Å²) in [5, 5.41) is 0. The Morgan fingerprint density at radius 2 is 1.57 bits per heavy atom. The maximum atomic E-state index is 12.7. The molecule has 1 aromatic carbocycles. The molecule has 162 valence electrons. The number of hydrogen-bond donors (Lipinski definition) is 1. The predicted octanol–water partition coefficient (Wildman–Crippen LogP) is 3.22. The number of methoxy groups -OCH3 is 3. The number of carbonyl (C=O) groups is 3. The van der Waals surface area contributed by atoms with E-state index in [-0.39, 0.29) is 17.9 Å². The molecule has 30 heavy (non-hydrogen) atoms. The molecule has 0 aliphatic rings. The lowest BCUT2D eigenvalue weighted by Crippen LogP contribution is -2.26. The van der Waals surface area contributed by atoms with E-state index in [9.17, 15) is 14.4 Å². The molecule has 8 nitrogen and oxygen atoms in total. The van der Waals surface area contributed by atoms with Crippen LogP contribution in [0, 0.1) is 13.8 Å². The molecule has 1 aromatic heterocycles. The second-order valence-corrected chi connectivity index (χ2v) is 6.89. The lowest BCUT2D eigenvalue weighted by Gasteiger charge is -2.15. The lowest BCUT2D eigenvalue weighted by atomic mass is 10.0. The van der Waals surface area contributed by atoms with Gasteiger partial charge in [-0.05, 0) is 51.0 Å². The van der Waals surface area contributed by atoms with E-state index in [0.29, 0.717) is 39.6 Å². The highest BCUT2D eigenvalue weighted by atomic mass is 16.5. The molecule has 1 N–H and O–H groups in total. The molecule has 0 spiro atoms. The first-order chi connectivity index (χ1) is 14.1. The molecule has 1 atom stereocenters. The van der Waals surface area contributed by atoms with Crippen LogP contribution in [-0.4, -0.2) is 50.0 Å². The Morgan fingerprint density at radius 1 is 1.00 bits per heavy atom. The fourth-order valence-corrected chi connectivity index (χ4v) is 3.42. The van der Waals surface area contributed by atoms with Crippen molar-refractivity contribution in [3.63, 3.8) is 0 Å². The van der Waals surface area contributed by atoms with Gasteiger partial charge in [0.25, 0.3) is 0 Å². The zero-order chi connectivity index (χ0) is 22.6. The Labute approximate surface area is 175 Å². The number of rotatable bonds is 9. The summed E-state index contributed by atoms with van der Waals surface area (Å²) in [6, 6.07) is 3.29. The van der Waals surface area contributed by atoms with Gasteiger partial charge < -0.3 is 23.9 Å². The highest BCUT2D eigenvalue weighted by molar-refractivity contribution is 6.05. The van der Waals surface area contributed by atoms with E-state index in [4.69, 9.17) is 18.9 Å². The molecule has 0 unspecified atom stereocenters. The summed E-state index contributed by atoms with van der Waals surface area (Å²) in [6.07, 6.45) is -1.11. The minimum absolute atomic E-state index is 0.0875. The third-order valence-electron chi connectivity index (χ3n) is 4.79. The Hall–Kier alpha value is -3.29. The van der Waals surface area contributed by atoms with Gasteiger partial charge in [0.05, 0.1) is 33.4 Å². The molecule has 0 saturated carbocycles. The van der Waals surface area contributed by atoms with Crippen LogP contribution < -0.4 is 14.2 Å². The smallest absolute Gasteiger partial charge is 0.310 e. The molecule has 0 bridgehead atoms. The van der Waals surface area contributed by atoms with Gasteiger partial charge in [-0.3, -0.25) is 14.4 Å². The Kier molecular flexibility index (Phi) is 7.26. The molecular weight excluding hydrogens is 390 g/mol. The number of ether oxygens (including phenoxy) is 4. The van der Waals surface area contributed by atoms with Crippen LogP contribution in [0.3, 0.4) is 0 Å². The van der Waals surface area contributed by atoms with Crippen LogP contribution in [0.5, 0.6) is 17.2 Å². The number of ketones is 2. The average Bonchev–Trinajstić information content (AvgIpc) is 3.00. The third kappa shape index (κ3) is 4.64. The zero-order valence-corrected chi connectivity index (χ0v) is 18.3. The van der Waals surface area contributed by atoms with Crippen LogP contribution in [0.2, 0.25) is 0 Å². The van der Waals surface area contributed by atoms with Crippen molar-refractivity contribution in [2.24, 2.45) is 0 Å². The topological polar surface area (TPSA) is 104 Å². The SMILES string of the molecule is COc1cc(CC(=O)O[C@@H](C)C(=O)c2[nH]c(C)c(C(C)=O)c2C)cc(OC)c1OC. The van der Waals surface area contributed by atoms with E-state index in [1.807, 2.05) is 0 Å². The van der Waals surface area contributed by atoms with Crippen molar-refractivity contribution >= 4 is 17.5 Å². The first-order valence-electron chi connectivity index (χ1n) is 9.37. The van der Waals surface area contributed by atoms with Crippen LogP contribution in [0.1, 0.15) is 51.5 Å². The van der Waals surface area contributed by atoms with E-state index in [1.54, 1.807) is 26.0 Å².